The van der Waals surface area contributed by atoms with Gasteiger partial charge in [-0.25, -0.2) is 4.39 Å². The predicted molar refractivity (Wildman–Crippen MR) is 88.4 cm³/mol. The summed E-state index contributed by atoms with van der Waals surface area (Å²) in [5.41, 5.74) is 6.07. The Hall–Kier alpha value is -1.23. The third kappa shape index (κ3) is 4.63. The van der Waals surface area contributed by atoms with E-state index in [0.29, 0.717) is 12.0 Å². The molecule has 0 saturated heterocycles. The van der Waals surface area contributed by atoms with Crippen LogP contribution < -0.4 is 11.3 Å². The highest BCUT2D eigenvalue weighted by molar-refractivity contribution is 9.10. The molecule has 1 unspecified atom stereocenters. The molecule has 0 heterocycles. The summed E-state index contributed by atoms with van der Waals surface area (Å²) in [5, 5.41) is 0. The SMILES string of the molecule is Cc1ccccc1CCC(Cc1cc(Br)ccc1F)NN. The number of hydrogen-bond donors (Lipinski definition) is 2. The molecule has 0 aliphatic carbocycles. The second-order valence-corrected chi connectivity index (χ2v) is 6.18. The standard InChI is InChI=1S/C17H20BrFN2/c1-12-4-2-3-5-13(12)6-8-16(21-20)11-14-10-15(18)7-9-17(14)19/h2-5,7,9-10,16,21H,6,8,11,20H2,1H3. The van der Waals surface area contributed by atoms with E-state index in [2.05, 4.69) is 40.4 Å². The molecular formula is C17H20BrFN2. The van der Waals surface area contributed by atoms with E-state index in [1.165, 1.54) is 17.2 Å². The Morgan fingerprint density at radius 1 is 1.19 bits per heavy atom. The molecule has 112 valence electrons. The van der Waals surface area contributed by atoms with Crippen LogP contribution in [0.3, 0.4) is 0 Å². The first-order valence-electron chi connectivity index (χ1n) is 7.04. The molecule has 1 atom stereocenters. The van der Waals surface area contributed by atoms with Gasteiger partial charge in [-0.3, -0.25) is 11.3 Å². The van der Waals surface area contributed by atoms with Crippen LogP contribution in [0, 0.1) is 12.7 Å². The van der Waals surface area contributed by atoms with Crippen LogP contribution in [0.1, 0.15) is 23.1 Å². The van der Waals surface area contributed by atoms with E-state index in [1.807, 2.05) is 18.2 Å². The molecule has 0 spiro atoms. The Kier molecular flexibility index (Phi) is 5.91. The van der Waals surface area contributed by atoms with Crippen molar-refractivity contribution in [3.8, 4) is 0 Å². The van der Waals surface area contributed by atoms with Crippen LogP contribution in [0.5, 0.6) is 0 Å². The lowest BCUT2D eigenvalue weighted by Gasteiger charge is -2.17. The average molecular weight is 351 g/mol. The van der Waals surface area contributed by atoms with E-state index in [9.17, 15) is 4.39 Å². The van der Waals surface area contributed by atoms with Gasteiger partial charge in [0.05, 0.1) is 0 Å². The summed E-state index contributed by atoms with van der Waals surface area (Å²) in [6, 6.07) is 13.4. The molecule has 2 aromatic carbocycles. The Labute approximate surface area is 133 Å². The first kappa shape index (κ1) is 16.1. The normalized spacial score (nSPS) is 12.4. The maximum atomic E-state index is 13.8. The van der Waals surface area contributed by atoms with Crippen molar-refractivity contribution in [3.63, 3.8) is 0 Å². The molecule has 21 heavy (non-hydrogen) atoms. The summed E-state index contributed by atoms with van der Waals surface area (Å²) in [6.45, 7) is 2.11. The van der Waals surface area contributed by atoms with E-state index in [4.69, 9.17) is 5.84 Å². The zero-order valence-corrected chi connectivity index (χ0v) is 13.7. The quantitative estimate of drug-likeness (QED) is 0.612. The maximum Gasteiger partial charge on any atom is 0.126 e. The zero-order chi connectivity index (χ0) is 15.2. The molecule has 2 rings (SSSR count). The minimum atomic E-state index is -0.186. The van der Waals surface area contributed by atoms with Crippen LogP contribution in [-0.4, -0.2) is 6.04 Å². The Balaban J connectivity index is 2.00. The van der Waals surface area contributed by atoms with Gasteiger partial charge in [0.15, 0.2) is 0 Å². The number of aryl methyl sites for hydroxylation is 2. The van der Waals surface area contributed by atoms with Crippen molar-refractivity contribution in [2.24, 2.45) is 5.84 Å². The largest absolute Gasteiger partial charge is 0.271 e. The van der Waals surface area contributed by atoms with E-state index < -0.39 is 0 Å². The van der Waals surface area contributed by atoms with E-state index in [1.54, 1.807) is 6.07 Å². The Morgan fingerprint density at radius 3 is 2.67 bits per heavy atom. The zero-order valence-electron chi connectivity index (χ0n) is 12.1. The number of hydrazine groups is 1. The molecule has 0 bridgehead atoms. The number of rotatable bonds is 6. The van der Waals surface area contributed by atoms with Crippen LogP contribution in [-0.2, 0) is 12.8 Å². The lowest BCUT2D eigenvalue weighted by atomic mass is 9.97. The van der Waals surface area contributed by atoms with Gasteiger partial charge in [-0.1, -0.05) is 40.2 Å². The van der Waals surface area contributed by atoms with Crippen LogP contribution in [0.15, 0.2) is 46.9 Å². The smallest absolute Gasteiger partial charge is 0.126 e. The fraction of sp³-hybridized carbons (Fsp3) is 0.294. The average Bonchev–Trinajstić information content (AvgIpc) is 2.48. The Bertz CT molecular complexity index is 601. The summed E-state index contributed by atoms with van der Waals surface area (Å²) in [4.78, 5) is 0. The van der Waals surface area contributed by atoms with Crippen molar-refractivity contribution in [1.29, 1.82) is 0 Å². The summed E-state index contributed by atoms with van der Waals surface area (Å²) in [5.74, 6) is 5.44. The van der Waals surface area contributed by atoms with Crippen LogP contribution >= 0.6 is 15.9 Å². The van der Waals surface area contributed by atoms with Crippen molar-refractivity contribution in [3.05, 3.63) is 69.4 Å². The third-order valence-corrected chi connectivity index (χ3v) is 4.23. The Morgan fingerprint density at radius 2 is 1.95 bits per heavy atom. The lowest BCUT2D eigenvalue weighted by molar-refractivity contribution is 0.479. The molecule has 0 saturated carbocycles. The second-order valence-electron chi connectivity index (χ2n) is 5.27. The van der Waals surface area contributed by atoms with Gasteiger partial charge in [0.25, 0.3) is 0 Å². The third-order valence-electron chi connectivity index (χ3n) is 3.73. The molecule has 3 N–H and O–H groups in total. The fourth-order valence-corrected chi connectivity index (χ4v) is 2.84. The van der Waals surface area contributed by atoms with Crippen LogP contribution in [0.2, 0.25) is 0 Å². The second kappa shape index (κ2) is 7.69. The predicted octanol–water partition coefficient (Wildman–Crippen LogP) is 3.90. The van der Waals surface area contributed by atoms with Crippen molar-refractivity contribution in [2.75, 3.05) is 0 Å². The molecule has 0 aliphatic heterocycles. The molecule has 2 aromatic rings. The summed E-state index contributed by atoms with van der Waals surface area (Å²) < 4.78 is 14.7. The number of benzene rings is 2. The first-order chi connectivity index (χ1) is 10.1. The number of nitrogens with one attached hydrogen (secondary N) is 1. The van der Waals surface area contributed by atoms with Gasteiger partial charge in [-0.05, 0) is 61.1 Å². The summed E-state index contributed by atoms with van der Waals surface area (Å²) in [7, 11) is 0. The van der Waals surface area contributed by atoms with Crippen molar-refractivity contribution in [1.82, 2.24) is 5.43 Å². The van der Waals surface area contributed by atoms with Crippen molar-refractivity contribution in [2.45, 2.75) is 32.2 Å². The van der Waals surface area contributed by atoms with Crippen molar-refractivity contribution < 1.29 is 4.39 Å². The molecule has 0 radical (unpaired) electrons. The monoisotopic (exact) mass is 350 g/mol. The fourth-order valence-electron chi connectivity index (χ4n) is 2.43. The van der Waals surface area contributed by atoms with Crippen LogP contribution in [0.25, 0.3) is 0 Å². The highest BCUT2D eigenvalue weighted by atomic mass is 79.9. The van der Waals surface area contributed by atoms with Gasteiger partial charge >= 0.3 is 0 Å². The molecule has 0 aromatic heterocycles. The van der Waals surface area contributed by atoms with Gasteiger partial charge in [0.1, 0.15) is 5.82 Å². The molecule has 4 heteroatoms. The number of hydrogen-bond acceptors (Lipinski definition) is 2. The van der Waals surface area contributed by atoms with Gasteiger partial charge in [0, 0.05) is 10.5 Å². The molecule has 0 fully saturated rings. The summed E-state index contributed by atoms with van der Waals surface area (Å²) >= 11 is 3.38. The minimum Gasteiger partial charge on any atom is -0.271 e. The molecule has 0 amide bonds. The number of nitrogens with two attached hydrogens (primary N) is 1. The maximum absolute atomic E-state index is 13.8. The first-order valence-corrected chi connectivity index (χ1v) is 7.84. The van der Waals surface area contributed by atoms with Crippen molar-refractivity contribution >= 4 is 15.9 Å². The van der Waals surface area contributed by atoms with Crippen LogP contribution in [0.4, 0.5) is 4.39 Å². The minimum absolute atomic E-state index is 0.0495. The topological polar surface area (TPSA) is 38.0 Å². The van der Waals surface area contributed by atoms with E-state index >= 15 is 0 Å². The molecular weight excluding hydrogens is 331 g/mol. The van der Waals surface area contributed by atoms with Gasteiger partial charge in [0.2, 0.25) is 0 Å². The highest BCUT2D eigenvalue weighted by Crippen LogP contribution is 2.18. The number of halogens is 2. The van der Waals surface area contributed by atoms with E-state index in [0.717, 1.165) is 17.3 Å². The highest BCUT2D eigenvalue weighted by Gasteiger charge is 2.12. The lowest BCUT2D eigenvalue weighted by Crippen LogP contribution is -2.37. The van der Waals surface area contributed by atoms with Gasteiger partial charge < -0.3 is 0 Å². The summed E-state index contributed by atoms with van der Waals surface area (Å²) in [6.07, 6.45) is 2.37. The van der Waals surface area contributed by atoms with Gasteiger partial charge in [-0.15, -0.1) is 0 Å². The molecule has 0 aliphatic rings. The van der Waals surface area contributed by atoms with Gasteiger partial charge in [-0.2, -0.15) is 0 Å². The van der Waals surface area contributed by atoms with E-state index in [-0.39, 0.29) is 11.9 Å². The molecule has 2 nitrogen and oxygen atoms in total.